The molecular weight excluding hydrogens is 325 g/mol. The number of fused-ring (bicyclic) bond motifs is 1. The van der Waals surface area contributed by atoms with Crippen LogP contribution in [0.4, 0.5) is 0 Å². The fourth-order valence-electron chi connectivity index (χ4n) is 2.05. The summed E-state index contributed by atoms with van der Waals surface area (Å²) >= 11 is 12.1. The second-order valence-electron chi connectivity index (χ2n) is 4.49. The highest BCUT2D eigenvalue weighted by Crippen LogP contribution is 2.25. The Morgan fingerprint density at radius 2 is 2.00 bits per heavy atom. The van der Waals surface area contributed by atoms with Crippen molar-refractivity contribution in [2.24, 2.45) is 0 Å². The second-order valence-corrected chi connectivity index (χ2v) is 5.31. The molecular formula is C15H11Cl2N3O2. The molecule has 0 aliphatic carbocycles. The molecule has 3 rings (SSSR count). The highest BCUT2D eigenvalue weighted by Gasteiger charge is 2.17. The minimum absolute atomic E-state index is 0.277. The average molecular weight is 336 g/mol. The predicted molar refractivity (Wildman–Crippen MR) is 84.4 cm³/mol. The van der Waals surface area contributed by atoms with Crippen LogP contribution in [0.5, 0.6) is 0 Å². The molecule has 0 unspecified atom stereocenters. The van der Waals surface area contributed by atoms with Crippen molar-refractivity contribution < 1.29 is 9.53 Å². The van der Waals surface area contributed by atoms with E-state index in [0.717, 1.165) is 5.56 Å². The van der Waals surface area contributed by atoms with E-state index in [4.69, 9.17) is 27.9 Å². The van der Waals surface area contributed by atoms with Crippen molar-refractivity contribution in [2.45, 2.75) is 6.92 Å². The zero-order valence-corrected chi connectivity index (χ0v) is 13.1. The zero-order chi connectivity index (χ0) is 15.7. The van der Waals surface area contributed by atoms with Crippen molar-refractivity contribution in [1.29, 1.82) is 0 Å². The molecule has 0 atom stereocenters. The van der Waals surface area contributed by atoms with Gasteiger partial charge in [-0.3, -0.25) is 0 Å². The number of carbonyl (C=O) groups excluding carboxylic acids is 1. The van der Waals surface area contributed by atoms with E-state index in [9.17, 15) is 4.79 Å². The molecule has 3 aromatic rings. The van der Waals surface area contributed by atoms with Crippen LogP contribution in [-0.4, -0.2) is 27.2 Å². The van der Waals surface area contributed by atoms with Gasteiger partial charge in [0.15, 0.2) is 5.65 Å². The molecule has 1 aromatic carbocycles. The molecule has 112 valence electrons. The topological polar surface area (TPSA) is 56.5 Å². The normalized spacial score (nSPS) is 10.9. The maximum atomic E-state index is 11.9. The lowest BCUT2D eigenvalue weighted by atomic mass is 10.1. The van der Waals surface area contributed by atoms with Crippen LogP contribution in [0.15, 0.2) is 36.5 Å². The highest BCUT2D eigenvalue weighted by atomic mass is 35.5. The molecule has 2 heterocycles. The third-order valence-electron chi connectivity index (χ3n) is 3.06. The molecule has 0 spiro atoms. The summed E-state index contributed by atoms with van der Waals surface area (Å²) in [6.45, 7) is 2.02. The van der Waals surface area contributed by atoms with Crippen molar-refractivity contribution in [3.8, 4) is 11.3 Å². The second kappa shape index (κ2) is 5.94. The van der Waals surface area contributed by atoms with Crippen molar-refractivity contribution in [1.82, 2.24) is 14.6 Å². The Kier molecular flexibility index (Phi) is 4.00. The lowest BCUT2D eigenvalue weighted by molar-refractivity contribution is 0.0528. The summed E-state index contributed by atoms with van der Waals surface area (Å²) in [5.74, 6) is -0.477. The molecule has 0 saturated heterocycles. The van der Waals surface area contributed by atoms with Gasteiger partial charge in [-0.1, -0.05) is 35.3 Å². The lowest BCUT2D eigenvalue weighted by Gasteiger charge is -2.05. The fourth-order valence-corrected chi connectivity index (χ4v) is 2.40. The largest absolute Gasteiger partial charge is 0.462 e. The summed E-state index contributed by atoms with van der Waals surface area (Å²) in [5, 5.41) is 5.05. The number of halogens is 2. The van der Waals surface area contributed by atoms with Crippen LogP contribution in [0, 0.1) is 0 Å². The van der Waals surface area contributed by atoms with E-state index < -0.39 is 5.97 Å². The van der Waals surface area contributed by atoms with Crippen LogP contribution < -0.4 is 0 Å². The maximum Gasteiger partial charge on any atom is 0.343 e. The van der Waals surface area contributed by atoms with Crippen molar-refractivity contribution in [3.63, 3.8) is 0 Å². The number of ether oxygens (including phenoxy) is 1. The van der Waals surface area contributed by atoms with Gasteiger partial charge in [-0.15, -0.1) is 0 Å². The summed E-state index contributed by atoms with van der Waals surface area (Å²) in [4.78, 5) is 16.4. The molecule has 0 aliphatic rings. The lowest BCUT2D eigenvalue weighted by Crippen LogP contribution is -2.05. The molecule has 22 heavy (non-hydrogen) atoms. The van der Waals surface area contributed by atoms with E-state index in [1.165, 1.54) is 10.7 Å². The van der Waals surface area contributed by atoms with Gasteiger partial charge < -0.3 is 4.74 Å². The molecule has 0 bridgehead atoms. The first kappa shape index (κ1) is 14.8. The molecule has 7 heteroatoms. The van der Waals surface area contributed by atoms with Crippen LogP contribution in [-0.2, 0) is 4.74 Å². The molecule has 0 amide bonds. The summed E-state index contributed by atoms with van der Waals surface area (Å²) in [6, 6.07) is 8.87. The Bertz CT molecular complexity index is 844. The predicted octanol–water partition coefficient (Wildman–Crippen LogP) is 3.88. The van der Waals surface area contributed by atoms with E-state index in [-0.39, 0.29) is 12.2 Å². The molecule has 5 nitrogen and oxygen atoms in total. The SMILES string of the molecule is CCOC(=O)c1cnn2c(Cl)cc(-c3ccc(Cl)cc3)nc12. The number of benzene rings is 1. The Morgan fingerprint density at radius 1 is 1.27 bits per heavy atom. The zero-order valence-electron chi connectivity index (χ0n) is 11.6. The van der Waals surface area contributed by atoms with Crippen molar-refractivity contribution in [3.05, 3.63) is 52.3 Å². The monoisotopic (exact) mass is 335 g/mol. The minimum Gasteiger partial charge on any atom is -0.462 e. The van der Waals surface area contributed by atoms with Gasteiger partial charge in [0.25, 0.3) is 0 Å². The fraction of sp³-hybridized carbons (Fsp3) is 0.133. The van der Waals surface area contributed by atoms with Gasteiger partial charge in [-0.25, -0.2) is 14.3 Å². The Labute approximate surface area is 136 Å². The van der Waals surface area contributed by atoms with E-state index in [1.54, 1.807) is 25.1 Å². The number of rotatable bonds is 3. The summed E-state index contributed by atoms with van der Waals surface area (Å²) < 4.78 is 6.40. The van der Waals surface area contributed by atoms with Crippen LogP contribution in [0.25, 0.3) is 16.9 Å². The maximum absolute atomic E-state index is 11.9. The summed E-state index contributed by atoms with van der Waals surface area (Å²) in [6.07, 6.45) is 1.40. The molecule has 0 saturated carbocycles. The van der Waals surface area contributed by atoms with E-state index >= 15 is 0 Å². The Balaban J connectivity index is 2.15. The highest BCUT2D eigenvalue weighted by molar-refractivity contribution is 6.30. The van der Waals surface area contributed by atoms with Gasteiger partial charge in [0.2, 0.25) is 0 Å². The van der Waals surface area contributed by atoms with Crippen molar-refractivity contribution >= 4 is 34.8 Å². The molecule has 0 aliphatic heterocycles. The molecule has 0 radical (unpaired) electrons. The van der Waals surface area contributed by atoms with E-state index in [2.05, 4.69) is 10.1 Å². The first-order chi connectivity index (χ1) is 10.6. The van der Waals surface area contributed by atoms with Gasteiger partial charge in [0, 0.05) is 16.7 Å². The first-order valence-corrected chi connectivity index (χ1v) is 7.33. The third kappa shape index (κ3) is 2.65. The van der Waals surface area contributed by atoms with Gasteiger partial charge >= 0.3 is 5.97 Å². The van der Waals surface area contributed by atoms with Gasteiger partial charge in [0.1, 0.15) is 10.7 Å². The Hall–Kier alpha value is -2.11. The van der Waals surface area contributed by atoms with Gasteiger partial charge in [-0.05, 0) is 19.1 Å². The van der Waals surface area contributed by atoms with E-state index in [1.807, 2.05) is 12.1 Å². The van der Waals surface area contributed by atoms with Gasteiger partial charge in [0.05, 0.1) is 18.5 Å². The number of nitrogens with zero attached hydrogens (tertiary/aromatic N) is 3. The number of hydrogen-bond acceptors (Lipinski definition) is 4. The van der Waals surface area contributed by atoms with Crippen LogP contribution in [0.2, 0.25) is 10.2 Å². The minimum atomic E-state index is -0.477. The number of aromatic nitrogens is 3. The molecule has 0 N–H and O–H groups in total. The van der Waals surface area contributed by atoms with E-state index in [0.29, 0.717) is 21.5 Å². The summed E-state index contributed by atoms with van der Waals surface area (Å²) in [7, 11) is 0. The molecule has 0 fully saturated rings. The van der Waals surface area contributed by atoms with Crippen LogP contribution in [0.3, 0.4) is 0 Å². The number of carbonyl (C=O) groups is 1. The quantitative estimate of drug-likeness (QED) is 0.538. The summed E-state index contributed by atoms with van der Waals surface area (Å²) in [5.41, 5.74) is 2.10. The number of esters is 1. The van der Waals surface area contributed by atoms with Crippen molar-refractivity contribution in [2.75, 3.05) is 6.61 Å². The number of hydrogen-bond donors (Lipinski definition) is 0. The standard InChI is InChI=1S/C15H11Cl2N3O2/c1-2-22-15(21)11-8-18-20-13(17)7-12(19-14(11)20)9-3-5-10(16)6-4-9/h3-8H,2H2,1H3. The first-order valence-electron chi connectivity index (χ1n) is 6.57. The van der Waals surface area contributed by atoms with Gasteiger partial charge in [-0.2, -0.15) is 5.10 Å². The Morgan fingerprint density at radius 3 is 2.68 bits per heavy atom. The van der Waals surface area contributed by atoms with Crippen LogP contribution in [0.1, 0.15) is 17.3 Å². The smallest absolute Gasteiger partial charge is 0.343 e. The third-order valence-corrected chi connectivity index (χ3v) is 3.58. The average Bonchev–Trinajstić information content (AvgIpc) is 2.92. The van der Waals surface area contributed by atoms with Crippen LogP contribution >= 0.6 is 23.2 Å². The molecule has 2 aromatic heterocycles.